The summed E-state index contributed by atoms with van der Waals surface area (Å²) >= 11 is 0. The van der Waals surface area contributed by atoms with E-state index in [1.54, 1.807) is 11.1 Å². The van der Waals surface area contributed by atoms with Gasteiger partial charge in [0.1, 0.15) is 37.1 Å². The molecule has 4 heteroatoms. The minimum absolute atomic E-state index is 0.121. The van der Waals surface area contributed by atoms with Gasteiger partial charge in [-0.25, -0.2) is 4.58 Å². The molecular weight excluding hydrogens is 685 g/mol. The van der Waals surface area contributed by atoms with E-state index in [1.165, 1.54) is 59.1 Å². The van der Waals surface area contributed by atoms with E-state index in [4.69, 9.17) is 9.15 Å². The Bertz CT molecular complexity index is 2350. The number of anilines is 1. The van der Waals surface area contributed by atoms with E-state index in [1.807, 2.05) is 0 Å². The summed E-state index contributed by atoms with van der Waals surface area (Å²) < 4.78 is 15.3. The number of rotatable bonds is 7. The van der Waals surface area contributed by atoms with Crippen LogP contribution in [0.25, 0.3) is 28.5 Å². The highest BCUT2D eigenvalue weighted by atomic mass is 16.5. The number of fused-ring (bicyclic) bond motifs is 2. The molecule has 2 saturated carbocycles. The lowest BCUT2D eigenvalue weighted by molar-refractivity contribution is 0.291. The van der Waals surface area contributed by atoms with Crippen LogP contribution < -0.4 is 19.6 Å². The van der Waals surface area contributed by atoms with Crippen LogP contribution >= 0.6 is 0 Å². The first kappa shape index (κ1) is 38.1. The molecule has 56 heavy (non-hydrogen) atoms. The van der Waals surface area contributed by atoms with Gasteiger partial charge in [-0.1, -0.05) is 84.0 Å². The van der Waals surface area contributed by atoms with Crippen molar-refractivity contribution < 1.29 is 9.15 Å². The molecule has 0 amide bonds. The van der Waals surface area contributed by atoms with E-state index >= 15 is 0 Å². The van der Waals surface area contributed by atoms with Gasteiger partial charge < -0.3 is 14.1 Å². The monoisotopic (exact) mass is 745 g/mol. The predicted octanol–water partition coefficient (Wildman–Crippen LogP) is 12.5. The number of hydrogen-bond donors (Lipinski definition) is 0. The quantitative estimate of drug-likeness (QED) is 0.176. The second-order valence-corrected chi connectivity index (χ2v) is 19.2. The molecule has 6 aliphatic rings. The SMILES string of the molecule is CN(C)c1ccc2c(c1)OC(C(C)(C)C)=C/C2=C\C=C1/CCCC(/C=C/c2cc(C(C)(C)C)oc3cc(=[N+](C)C)ccc2-3)=C1c1cc(C2CC2)cc(C2CC2)c1. The summed E-state index contributed by atoms with van der Waals surface area (Å²) in [6.45, 7) is 13.4. The van der Waals surface area contributed by atoms with E-state index in [9.17, 15) is 0 Å². The number of hydrogen-bond acceptors (Lipinski definition) is 3. The smallest absolute Gasteiger partial charge is 0.203 e. The first-order chi connectivity index (χ1) is 26.6. The van der Waals surface area contributed by atoms with E-state index < -0.39 is 0 Å². The molecule has 8 rings (SSSR count). The number of allylic oxidation sites excluding steroid dienone is 9. The molecule has 2 aliphatic heterocycles. The Morgan fingerprint density at radius 2 is 1.43 bits per heavy atom. The van der Waals surface area contributed by atoms with Crippen LogP contribution in [0.4, 0.5) is 5.69 Å². The second-order valence-electron chi connectivity index (χ2n) is 19.2. The zero-order valence-corrected chi connectivity index (χ0v) is 35.5. The molecule has 0 atom stereocenters. The average molecular weight is 746 g/mol. The molecule has 2 aromatic rings. The highest BCUT2D eigenvalue weighted by Crippen LogP contribution is 2.48. The highest BCUT2D eigenvalue weighted by Gasteiger charge is 2.31. The fourth-order valence-electron chi connectivity index (χ4n) is 8.11. The minimum Gasteiger partial charge on any atom is -0.460 e. The predicted molar refractivity (Wildman–Crippen MR) is 236 cm³/mol. The van der Waals surface area contributed by atoms with E-state index in [0.717, 1.165) is 64.5 Å². The van der Waals surface area contributed by atoms with Gasteiger partial charge in [0.05, 0.1) is 6.07 Å². The van der Waals surface area contributed by atoms with Crippen molar-refractivity contribution in [2.45, 2.75) is 104 Å². The van der Waals surface area contributed by atoms with Crippen LogP contribution in [-0.2, 0) is 5.41 Å². The molecule has 4 aliphatic carbocycles. The number of benzene rings is 3. The zero-order chi connectivity index (χ0) is 39.5. The van der Waals surface area contributed by atoms with Crippen molar-refractivity contribution in [3.8, 4) is 17.1 Å². The fourth-order valence-corrected chi connectivity index (χ4v) is 8.11. The molecule has 0 radical (unpaired) electrons. The van der Waals surface area contributed by atoms with Gasteiger partial charge in [-0.05, 0) is 132 Å². The molecule has 2 fully saturated rings. The Morgan fingerprint density at radius 3 is 2.05 bits per heavy atom. The van der Waals surface area contributed by atoms with Crippen molar-refractivity contribution in [1.82, 2.24) is 4.58 Å². The van der Waals surface area contributed by atoms with Crippen molar-refractivity contribution in [2.75, 3.05) is 33.1 Å². The summed E-state index contributed by atoms with van der Waals surface area (Å²) in [5, 5.41) is 1.14. The normalized spacial score (nSPS) is 19.1. The van der Waals surface area contributed by atoms with E-state index in [0.29, 0.717) is 11.8 Å². The summed E-state index contributed by atoms with van der Waals surface area (Å²) in [6.07, 6.45) is 20.3. The Hall–Kier alpha value is -4.83. The van der Waals surface area contributed by atoms with Crippen LogP contribution in [0.1, 0.15) is 132 Å². The van der Waals surface area contributed by atoms with Crippen molar-refractivity contribution in [3.05, 3.63) is 141 Å². The third-order valence-electron chi connectivity index (χ3n) is 11.9. The summed E-state index contributed by atoms with van der Waals surface area (Å²) in [7, 11) is 8.34. The van der Waals surface area contributed by atoms with Gasteiger partial charge in [0.15, 0.2) is 0 Å². The van der Waals surface area contributed by atoms with Gasteiger partial charge in [-0.3, -0.25) is 0 Å². The third-order valence-corrected chi connectivity index (χ3v) is 11.9. The van der Waals surface area contributed by atoms with Gasteiger partial charge in [0.2, 0.25) is 5.36 Å². The Labute approximate surface area is 335 Å². The lowest BCUT2D eigenvalue weighted by Gasteiger charge is -2.29. The van der Waals surface area contributed by atoms with Crippen molar-refractivity contribution >= 4 is 22.9 Å². The van der Waals surface area contributed by atoms with Gasteiger partial charge in [-0.2, -0.15) is 0 Å². The molecule has 290 valence electrons. The largest absolute Gasteiger partial charge is 0.460 e. The number of nitrogens with zero attached hydrogens (tertiary/aromatic N) is 2. The molecule has 4 nitrogen and oxygen atoms in total. The van der Waals surface area contributed by atoms with Crippen LogP contribution in [0, 0.1) is 5.41 Å². The molecule has 0 saturated heterocycles. The lowest BCUT2D eigenvalue weighted by Crippen LogP contribution is -2.21. The van der Waals surface area contributed by atoms with Gasteiger partial charge >= 0.3 is 0 Å². The maximum Gasteiger partial charge on any atom is 0.203 e. The summed E-state index contributed by atoms with van der Waals surface area (Å²) in [5.74, 6) is 5.26. The van der Waals surface area contributed by atoms with Gasteiger partial charge in [0.25, 0.3) is 0 Å². The van der Waals surface area contributed by atoms with E-state index in [-0.39, 0.29) is 10.8 Å². The third kappa shape index (κ3) is 8.03. The minimum atomic E-state index is -0.121. The molecule has 0 bridgehead atoms. The molecule has 2 aromatic carbocycles. The maximum atomic E-state index is 6.60. The summed E-state index contributed by atoms with van der Waals surface area (Å²) in [6, 6.07) is 23.1. The Kier molecular flexibility index (Phi) is 9.92. The molecule has 2 heterocycles. The summed E-state index contributed by atoms with van der Waals surface area (Å²) in [5.41, 5.74) is 14.3. The van der Waals surface area contributed by atoms with Crippen LogP contribution in [-0.4, -0.2) is 28.2 Å². The molecule has 0 spiro atoms. The Morgan fingerprint density at radius 1 is 0.732 bits per heavy atom. The molecule has 0 N–H and O–H groups in total. The van der Waals surface area contributed by atoms with Crippen LogP contribution in [0.3, 0.4) is 0 Å². The molecule has 0 unspecified atom stereocenters. The van der Waals surface area contributed by atoms with Crippen LogP contribution in [0.15, 0.2) is 106 Å². The lowest BCUT2D eigenvalue weighted by atomic mass is 9.81. The van der Waals surface area contributed by atoms with Crippen LogP contribution in [0.2, 0.25) is 0 Å². The zero-order valence-electron chi connectivity index (χ0n) is 35.5. The van der Waals surface area contributed by atoms with Gasteiger partial charge in [0, 0.05) is 53.9 Å². The second kappa shape index (κ2) is 14.6. The Balaban J connectivity index is 1.30. The van der Waals surface area contributed by atoms with Crippen molar-refractivity contribution in [2.24, 2.45) is 5.41 Å². The first-order valence-electron chi connectivity index (χ1n) is 20.9. The molecule has 0 aromatic heterocycles. The fraction of sp³-hybridized carbons (Fsp3) is 0.404. The first-order valence-corrected chi connectivity index (χ1v) is 20.9. The average Bonchev–Trinajstić information content (AvgIpc) is 4.08. The van der Waals surface area contributed by atoms with E-state index in [2.05, 4.69) is 170 Å². The van der Waals surface area contributed by atoms with Crippen molar-refractivity contribution in [1.29, 1.82) is 0 Å². The molecular formula is C52H61N2O2+. The van der Waals surface area contributed by atoms with Crippen LogP contribution in [0.5, 0.6) is 5.75 Å². The number of ether oxygens (including phenoxy) is 1. The maximum absolute atomic E-state index is 6.60. The summed E-state index contributed by atoms with van der Waals surface area (Å²) in [4.78, 5) is 2.14. The highest BCUT2D eigenvalue weighted by molar-refractivity contribution is 5.88. The standard InChI is InChI=1S/C52H61N2O2/c1-51(2,3)48-29-37(44-24-22-42(53(7)8)31-46(44)55-48)20-18-35-12-11-13-36(50(35)41-27-39(33-14-15-33)26-40(28-41)34-16-17-34)19-21-38-30-49(52(4,5)6)56-47-32-43(54(9)10)23-25-45(38)47/h18-34H,11-17H2,1-10H3/q+1. The topological polar surface area (TPSA) is 28.6 Å². The van der Waals surface area contributed by atoms with Gasteiger partial charge in [-0.15, -0.1) is 0 Å². The van der Waals surface area contributed by atoms with Crippen molar-refractivity contribution in [3.63, 3.8) is 0 Å².